The minimum absolute atomic E-state index is 0.0806. The number of nitrogens with zero attached hydrogens (tertiary/aromatic N) is 2. The van der Waals surface area contributed by atoms with Crippen LogP contribution in [0.4, 0.5) is 16.2 Å². The van der Waals surface area contributed by atoms with Gasteiger partial charge in [-0.25, -0.2) is 9.78 Å². The number of nitrogens with one attached hydrogen (secondary N) is 2. The molecule has 5 rings (SSSR count). The lowest BCUT2D eigenvalue weighted by atomic mass is 10.1. The maximum absolute atomic E-state index is 12.6. The lowest BCUT2D eigenvalue weighted by molar-refractivity contribution is -0.0317. The Balaban J connectivity index is 1.18. The molecule has 1 saturated heterocycles. The van der Waals surface area contributed by atoms with Gasteiger partial charge in [0.15, 0.2) is 11.5 Å². The summed E-state index contributed by atoms with van der Waals surface area (Å²) < 4.78 is 28.4. The van der Waals surface area contributed by atoms with Crippen molar-refractivity contribution in [2.24, 2.45) is 0 Å². The number of benzene rings is 2. The number of pyridine rings is 1. The predicted molar refractivity (Wildman–Crippen MR) is 156 cm³/mol. The first kappa shape index (κ1) is 28.5. The van der Waals surface area contributed by atoms with Gasteiger partial charge in [-0.3, -0.25) is 4.90 Å². The van der Waals surface area contributed by atoms with E-state index in [1.165, 1.54) is 0 Å². The molecule has 0 saturated carbocycles. The van der Waals surface area contributed by atoms with Crippen LogP contribution in [-0.4, -0.2) is 74.2 Å². The summed E-state index contributed by atoms with van der Waals surface area (Å²) in [4.78, 5) is 19.1. The molecule has 1 amide bonds. The Morgan fingerprint density at radius 1 is 1.05 bits per heavy atom. The van der Waals surface area contributed by atoms with E-state index in [0.29, 0.717) is 57.7 Å². The van der Waals surface area contributed by atoms with Crippen LogP contribution in [0.15, 0.2) is 54.6 Å². The highest BCUT2D eigenvalue weighted by Gasteiger charge is 2.30. The fourth-order valence-corrected chi connectivity index (χ4v) is 4.75. The zero-order chi connectivity index (χ0) is 28.8. The third kappa shape index (κ3) is 7.20. The topological polar surface area (TPSA) is 103 Å². The molecule has 2 aromatic carbocycles. The van der Waals surface area contributed by atoms with Gasteiger partial charge >= 0.3 is 6.09 Å². The van der Waals surface area contributed by atoms with Crippen LogP contribution in [0.25, 0.3) is 11.3 Å². The number of aromatic nitrogens is 1. The SMILES string of the molecule is COc1nc(-c2cccc3c2OCCO3)ccc1Nc1ccc(CNC[C@@H]2COCCN2C(=O)OC(C)(C)C)cc1. The first-order chi connectivity index (χ1) is 19.8. The molecule has 0 aliphatic carbocycles. The van der Waals surface area contributed by atoms with Crippen LogP contribution < -0.4 is 24.8 Å². The molecular formula is C31H38N4O6. The van der Waals surface area contributed by atoms with Gasteiger partial charge in [0, 0.05) is 30.9 Å². The number of hydrogen-bond acceptors (Lipinski definition) is 9. The Morgan fingerprint density at radius 3 is 2.63 bits per heavy atom. The molecule has 2 aliphatic rings. The summed E-state index contributed by atoms with van der Waals surface area (Å²) in [5, 5.41) is 6.85. The second kappa shape index (κ2) is 12.7. The Labute approximate surface area is 240 Å². The molecule has 41 heavy (non-hydrogen) atoms. The molecule has 0 bridgehead atoms. The molecule has 1 fully saturated rings. The van der Waals surface area contributed by atoms with Gasteiger partial charge < -0.3 is 34.3 Å². The highest BCUT2D eigenvalue weighted by atomic mass is 16.6. The van der Waals surface area contributed by atoms with E-state index < -0.39 is 5.60 Å². The van der Waals surface area contributed by atoms with Crippen LogP contribution in [-0.2, 0) is 16.0 Å². The summed E-state index contributed by atoms with van der Waals surface area (Å²) >= 11 is 0. The summed E-state index contributed by atoms with van der Waals surface area (Å²) in [5.41, 5.74) is 3.85. The molecule has 0 spiro atoms. The first-order valence-corrected chi connectivity index (χ1v) is 13.9. The number of rotatable bonds is 8. The van der Waals surface area contributed by atoms with Crippen LogP contribution in [0.1, 0.15) is 26.3 Å². The van der Waals surface area contributed by atoms with E-state index in [2.05, 4.69) is 22.8 Å². The fraction of sp³-hybridized carbons (Fsp3) is 0.419. The van der Waals surface area contributed by atoms with Crippen molar-refractivity contribution >= 4 is 17.5 Å². The van der Waals surface area contributed by atoms with Crippen molar-refractivity contribution in [3.63, 3.8) is 0 Å². The van der Waals surface area contributed by atoms with Gasteiger partial charge in [-0.1, -0.05) is 18.2 Å². The molecule has 2 aliphatic heterocycles. The fourth-order valence-electron chi connectivity index (χ4n) is 4.75. The predicted octanol–water partition coefficient (Wildman–Crippen LogP) is 5.00. The highest BCUT2D eigenvalue weighted by molar-refractivity contribution is 5.75. The molecule has 0 unspecified atom stereocenters. The van der Waals surface area contributed by atoms with E-state index in [0.717, 1.165) is 33.9 Å². The molecule has 218 valence electrons. The Morgan fingerprint density at radius 2 is 1.85 bits per heavy atom. The number of fused-ring (bicyclic) bond motifs is 1. The van der Waals surface area contributed by atoms with Gasteiger partial charge in [0.25, 0.3) is 0 Å². The number of methoxy groups -OCH3 is 1. The van der Waals surface area contributed by atoms with Gasteiger partial charge in [-0.15, -0.1) is 0 Å². The van der Waals surface area contributed by atoms with Gasteiger partial charge in [0.1, 0.15) is 24.5 Å². The normalized spacial score (nSPS) is 16.7. The molecule has 1 atom stereocenters. The number of amides is 1. The lowest BCUT2D eigenvalue weighted by Gasteiger charge is -2.36. The molecule has 3 heterocycles. The average Bonchev–Trinajstić information content (AvgIpc) is 2.97. The largest absolute Gasteiger partial charge is 0.486 e. The van der Waals surface area contributed by atoms with Crippen LogP contribution in [0.2, 0.25) is 0 Å². The highest BCUT2D eigenvalue weighted by Crippen LogP contribution is 2.40. The van der Waals surface area contributed by atoms with Crippen LogP contribution in [0.3, 0.4) is 0 Å². The van der Waals surface area contributed by atoms with Crippen molar-refractivity contribution in [2.45, 2.75) is 39.0 Å². The summed E-state index contributed by atoms with van der Waals surface area (Å²) in [6.45, 7) is 9.46. The van der Waals surface area contributed by atoms with Crippen molar-refractivity contribution in [2.75, 3.05) is 51.9 Å². The third-order valence-electron chi connectivity index (χ3n) is 6.69. The first-order valence-electron chi connectivity index (χ1n) is 13.9. The molecule has 10 nitrogen and oxygen atoms in total. The number of carbonyl (C=O) groups is 1. The van der Waals surface area contributed by atoms with Crippen molar-refractivity contribution in [3.05, 3.63) is 60.2 Å². The number of ether oxygens (including phenoxy) is 5. The minimum Gasteiger partial charge on any atom is -0.486 e. The average molecular weight is 563 g/mol. The van der Waals surface area contributed by atoms with Crippen LogP contribution in [0.5, 0.6) is 17.4 Å². The maximum atomic E-state index is 12.6. The van der Waals surface area contributed by atoms with Crippen LogP contribution in [0, 0.1) is 0 Å². The number of hydrogen-bond donors (Lipinski definition) is 2. The Bertz CT molecular complexity index is 1340. The Kier molecular flexibility index (Phi) is 8.80. The van der Waals surface area contributed by atoms with E-state index in [9.17, 15) is 4.79 Å². The standard InChI is InChI=1S/C31H38N4O6/c1-31(2,3)41-30(36)35-14-15-38-20-23(35)19-32-18-21-8-10-22(11-9-21)33-26-13-12-25(34-29(26)37-4)24-6-5-7-27-28(24)40-17-16-39-27/h5-13,23,32-33H,14-20H2,1-4H3/t23-/m1/s1. The van der Waals surface area contributed by atoms with Crippen molar-refractivity contribution in [1.82, 2.24) is 15.2 Å². The van der Waals surface area contributed by atoms with Crippen LogP contribution >= 0.6 is 0 Å². The number of para-hydroxylation sites is 1. The maximum Gasteiger partial charge on any atom is 0.410 e. The molecule has 0 radical (unpaired) electrons. The second-order valence-corrected chi connectivity index (χ2v) is 10.9. The van der Waals surface area contributed by atoms with Gasteiger partial charge in [-0.2, -0.15) is 0 Å². The summed E-state index contributed by atoms with van der Waals surface area (Å²) in [6.07, 6.45) is -0.300. The van der Waals surface area contributed by atoms with E-state index in [4.69, 9.17) is 28.7 Å². The molecule has 10 heteroatoms. The van der Waals surface area contributed by atoms with E-state index >= 15 is 0 Å². The summed E-state index contributed by atoms with van der Waals surface area (Å²) in [5.74, 6) is 1.90. The summed E-state index contributed by atoms with van der Waals surface area (Å²) in [6, 6.07) is 17.7. The molecule has 3 aromatic rings. The van der Waals surface area contributed by atoms with E-state index in [-0.39, 0.29) is 12.1 Å². The molecule has 2 N–H and O–H groups in total. The van der Waals surface area contributed by atoms with Crippen molar-refractivity contribution < 1.29 is 28.5 Å². The van der Waals surface area contributed by atoms with Crippen molar-refractivity contribution in [1.29, 1.82) is 0 Å². The lowest BCUT2D eigenvalue weighted by Crippen LogP contribution is -2.54. The third-order valence-corrected chi connectivity index (χ3v) is 6.69. The second-order valence-electron chi connectivity index (χ2n) is 10.9. The van der Waals surface area contributed by atoms with E-state index in [1.54, 1.807) is 12.0 Å². The van der Waals surface area contributed by atoms with Gasteiger partial charge in [0.05, 0.1) is 32.1 Å². The van der Waals surface area contributed by atoms with E-state index in [1.807, 2.05) is 63.2 Å². The summed E-state index contributed by atoms with van der Waals surface area (Å²) in [7, 11) is 1.60. The number of anilines is 2. The van der Waals surface area contributed by atoms with Gasteiger partial charge in [-0.05, 0) is 62.7 Å². The zero-order valence-electron chi connectivity index (χ0n) is 24.1. The zero-order valence-corrected chi connectivity index (χ0v) is 24.1. The number of carbonyl (C=O) groups excluding carboxylic acids is 1. The smallest absolute Gasteiger partial charge is 0.410 e. The molecular weight excluding hydrogens is 524 g/mol. The quantitative estimate of drug-likeness (QED) is 0.393. The minimum atomic E-state index is -0.531. The van der Waals surface area contributed by atoms with Gasteiger partial charge in [0.2, 0.25) is 5.88 Å². The number of morpholine rings is 1. The molecule has 1 aromatic heterocycles. The Hall–Kier alpha value is -4.02. The van der Waals surface area contributed by atoms with Crippen molar-refractivity contribution in [3.8, 4) is 28.6 Å². The monoisotopic (exact) mass is 562 g/mol.